The van der Waals surface area contributed by atoms with E-state index in [1.165, 1.54) is 0 Å². The largest absolute Gasteiger partial charge is 0.308 e. The van der Waals surface area contributed by atoms with Gasteiger partial charge in [-0.05, 0) is 59.7 Å². The summed E-state index contributed by atoms with van der Waals surface area (Å²) in [7, 11) is 0. The quantitative estimate of drug-likeness (QED) is 0.153. The molecule has 3 heterocycles. The van der Waals surface area contributed by atoms with Crippen LogP contribution in [-0.2, 0) is 0 Å². The first kappa shape index (κ1) is 37.2. The highest BCUT2D eigenvalue weighted by Crippen LogP contribution is 2.40. The van der Waals surface area contributed by atoms with Crippen LogP contribution in [0.3, 0.4) is 0 Å². The van der Waals surface area contributed by atoms with Gasteiger partial charge in [-0.3, -0.25) is 0 Å². The predicted octanol–water partition coefficient (Wildman–Crippen LogP) is 13.9. The highest BCUT2D eigenvalue weighted by Gasteiger charge is 2.21. The lowest BCUT2D eigenvalue weighted by molar-refractivity contribution is 1.13. The van der Waals surface area contributed by atoms with Gasteiger partial charge in [0.05, 0.1) is 51.1 Å². The van der Waals surface area contributed by atoms with Gasteiger partial charge in [0.1, 0.15) is 0 Å². The van der Waals surface area contributed by atoms with E-state index in [9.17, 15) is 5.26 Å². The van der Waals surface area contributed by atoms with Crippen molar-refractivity contribution in [2.45, 2.75) is 0 Å². The second-order valence-corrected chi connectivity index (χ2v) is 15.4. The number of para-hydroxylation sites is 1. The van der Waals surface area contributed by atoms with Crippen molar-refractivity contribution in [3.63, 3.8) is 0 Å². The third-order valence-electron chi connectivity index (χ3n) is 11.5. The number of nitriles is 1. The zero-order chi connectivity index (χ0) is 42.1. The molecule has 0 saturated heterocycles. The van der Waals surface area contributed by atoms with Gasteiger partial charge >= 0.3 is 0 Å². The summed E-state index contributed by atoms with van der Waals surface area (Å²) in [5.41, 5.74) is 14.5. The molecule has 3 aromatic heterocycles. The monoisotopic (exact) mass is 804 g/mol. The van der Waals surface area contributed by atoms with Crippen LogP contribution in [0, 0.1) is 11.3 Å². The summed E-state index contributed by atoms with van der Waals surface area (Å²) < 4.78 is 2.33. The summed E-state index contributed by atoms with van der Waals surface area (Å²) in [5.74, 6) is 1.22. The molecule has 294 valence electrons. The van der Waals surface area contributed by atoms with Gasteiger partial charge in [-0.15, -0.1) is 0 Å². The molecule has 0 saturated carbocycles. The molecular formula is C57H36N6. The number of benzene rings is 8. The number of hydrogen-bond donors (Lipinski definition) is 0. The minimum atomic E-state index is 0.580. The fraction of sp³-hybridized carbons (Fsp3) is 0. The first-order valence-corrected chi connectivity index (χ1v) is 20.9. The predicted molar refractivity (Wildman–Crippen MR) is 255 cm³/mol. The molecule has 6 heteroatoms. The van der Waals surface area contributed by atoms with Crippen LogP contribution in [0.15, 0.2) is 218 Å². The van der Waals surface area contributed by atoms with Crippen molar-refractivity contribution in [3.05, 3.63) is 224 Å². The van der Waals surface area contributed by atoms with Crippen molar-refractivity contribution in [3.8, 4) is 90.7 Å². The van der Waals surface area contributed by atoms with E-state index < -0.39 is 0 Å². The van der Waals surface area contributed by atoms with Gasteiger partial charge in [-0.1, -0.05) is 170 Å². The van der Waals surface area contributed by atoms with Gasteiger partial charge in [0, 0.05) is 44.2 Å². The summed E-state index contributed by atoms with van der Waals surface area (Å²) in [6.07, 6.45) is 0. The topological polar surface area (TPSA) is 80.3 Å². The molecule has 0 spiro atoms. The zero-order valence-corrected chi connectivity index (χ0v) is 34.0. The molecule has 0 aliphatic rings. The Morgan fingerprint density at radius 2 is 0.810 bits per heavy atom. The number of nitrogens with zero attached hydrogens (tertiary/aromatic N) is 6. The van der Waals surface area contributed by atoms with Crippen molar-refractivity contribution >= 4 is 21.8 Å². The molecule has 0 atom stereocenters. The van der Waals surface area contributed by atoms with Crippen LogP contribution in [0.1, 0.15) is 5.56 Å². The van der Waals surface area contributed by atoms with Crippen LogP contribution < -0.4 is 0 Å². The van der Waals surface area contributed by atoms with E-state index in [1.54, 1.807) is 0 Å². The van der Waals surface area contributed by atoms with E-state index in [2.05, 4.69) is 126 Å². The molecule has 11 aromatic rings. The van der Waals surface area contributed by atoms with Crippen LogP contribution in [0.25, 0.3) is 106 Å². The first-order valence-electron chi connectivity index (χ1n) is 20.9. The van der Waals surface area contributed by atoms with E-state index in [1.807, 2.05) is 103 Å². The second kappa shape index (κ2) is 16.0. The minimum Gasteiger partial charge on any atom is -0.308 e. The van der Waals surface area contributed by atoms with Crippen molar-refractivity contribution in [2.75, 3.05) is 0 Å². The molecular weight excluding hydrogens is 769 g/mol. The summed E-state index contributed by atoms with van der Waals surface area (Å²) in [6.45, 7) is 0. The Bertz CT molecular complexity index is 3390. The van der Waals surface area contributed by atoms with E-state index in [0.29, 0.717) is 17.2 Å². The van der Waals surface area contributed by atoms with Crippen molar-refractivity contribution in [2.24, 2.45) is 0 Å². The maximum atomic E-state index is 9.77. The molecule has 8 aromatic carbocycles. The summed E-state index contributed by atoms with van der Waals surface area (Å²) in [5, 5.41) is 12.0. The lowest BCUT2D eigenvalue weighted by Crippen LogP contribution is -2.03. The Hall–Kier alpha value is -8.79. The van der Waals surface area contributed by atoms with Gasteiger partial charge in [-0.25, -0.2) is 19.9 Å². The van der Waals surface area contributed by atoms with Gasteiger partial charge in [0.2, 0.25) is 0 Å². The molecule has 0 radical (unpaired) electrons. The number of hydrogen-bond acceptors (Lipinski definition) is 5. The fourth-order valence-electron chi connectivity index (χ4n) is 8.40. The fourth-order valence-corrected chi connectivity index (χ4v) is 8.40. The normalized spacial score (nSPS) is 11.2. The van der Waals surface area contributed by atoms with Crippen molar-refractivity contribution in [1.29, 1.82) is 5.26 Å². The molecule has 0 amide bonds. The van der Waals surface area contributed by atoms with E-state index in [-0.39, 0.29) is 0 Å². The van der Waals surface area contributed by atoms with E-state index in [0.717, 1.165) is 94.8 Å². The Morgan fingerprint density at radius 3 is 1.41 bits per heavy atom. The molecule has 0 fully saturated rings. The Morgan fingerprint density at radius 1 is 0.333 bits per heavy atom. The summed E-state index contributed by atoms with van der Waals surface area (Å²) in [6, 6.07) is 76.7. The summed E-state index contributed by atoms with van der Waals surface area (Å²) in [4.78, 5) is 21.1. The van der Waals surface area contributed by atoms with Crippen molar-refractivity contribution in [1.82, 2.24) is 24.5 Å². The lowest BCUT2D eigenvalue weighted by atomic mass is 10.0. The Kier molecular flexibility index (Phi) is 9.45. The Labute approximate surface area is 364 Å². The van der Waals surface area contributed by atoms with E-state index in [4.69, 9.17) is 19.9 Å². The number of fused-ring (bicyclic) bond motifs is 3. The molecule has 6 nitrogen and oxygen atoms in total. The first-order chi connectivity index (χ1) is 31.2. The average molecular weight is 805 g/mol. The zero-order valence-electron chi connectivity index (χ0n) is 34.0. The van der Waals surface area contributed by atoms with Crippen LogP contribution in [0.5, 0.6) is 0 Å². The Balaban J connectivity index is 1.21. The molecule has 0 N–H and O–H groups in total. The maximum Gasteiger partial charge on any atom is 0.162 e. The van der Waals surface area contributed by atoms with Crippen LogP contribution in [0.4, 0.5) is 0 Å². The SMILES string of the molecule is N#Cc1cccc(-c2ccc3c4ccccc4n(-c4ccc(-c5cc(-c6ccccc6)nc(-c6ccccc6)n5)cc4-c4nc(-c5ccccc5)cc(-c5ccccc5)n4)c3c2)c1. The smallest absolute Gasteiger partial charge is 0.162 e. The third-order valence-corrected chi connectivity index (χ3v) is 11.5. The summed E-state index contributed by atoms with van der Waals surface area (Å²) >= 11 is 0. The average Bonchev–Trinajstić information content (AvgIpc) is 3.70. The molecule has 11 rings (SSSR count). The lowest BCUT2D eigenvalue weighted by Gasteiger charge is -2.17. The molecule has 0 aliphatic carbocycles. The molecule has 0 unspecified atom stereocenters. The highest BCUT2D eigenvalue weighted by molar-refractivity contribution is 6.10. The second-order valence-electron chi connectivity index (χ2n) is 15.4. The molecule has 63 heavy (non-hydrogen) atoms. The van der Waals surface area contributed by atoms with Crippen LogP contribution in [0.2, 0.25) is 0 Å². The maximum absolute atomic E-state index is 9.77. The number of rotatable bonds is 8. The van der Waals surface area contributed by atoms with Crippen molar-refractivity contribution < 1.29 is 0 Å². The van der Waals surface area contributed by atoms with Crippen LogP contribution >= 0.6 is 0 Å². The number of aromatic nitrogens is 5. The molecule has 0 aliphatic heterocycles. The third kappa shape index (κ3) is 7.10. The van der Waals surface area contributed by atoms with Gasteiger partial charge < -0.3 is 4.57 Å². The van der Waals surface area contributed by atoms with Gasteiger partial charge in [0.25, 0.3) is 0 Å². The van der Waals surface area contributed by atoms with E-state index >= 15 is 0 Å². The highest BCUT2D eigenvalue weighted by atomic mass is 15.0. The minimum absolute atomic E-state index is 0.580. The molecule has 0 bridgehead atoms. The van der Waals surface area contributed by atoms with Gasteiger partial charge in [-0.2, -0.15) is 5.26 Å². The van der Waals surface area contributed by atoms with Crippen LogP contribution in [-0.4, -0.2) is 24.5 Å². The standard InChI is InChI=1S/C57H36N6/c58-37-38-16-15-25-43(32-38)44-28-30-47-46-26-13-14-27-53(46)63(55(47)34-44)54-31-29-45(52-36-49(39-17-5-1-6-18-39)59-56(60-52)42-23-11-4-12-24-42)33-48(54)57-61-50(40-19-7-2-8-20-40)35-51(62-57)41-21-9-3-10-22-41/h1-36H. The van der Waals surface area contributed by atoms with Gasteiger partial charge in [0.15, 0.2) is 11.6 Å².